The van der Waals surface area contributed by atoms with E-state index in [2.05, 4.69) is 9.64 Å². The Morgan fingerprint density at radius 3 is 2.63 bits per heavy atom. The van der Waals surface area contributed by atoms with Crippen molar-refractivity contribution in [3.8, 4) is 0 Å². The molecular weight excluding hydrogens is 348 g/mol. The van der Waals surface area contributed by atoms with E-state index >= 15 is 0 Å². The number of morpholine rings is 1. The van der Waals surface area contributed by atoms with E-state index in [-0.39, 0.29) is 21.8 Å². The molecule has 1 saturated carbocycles. The van der Waals surface area contributed by atoms with Crippen LogP contribution in [0.3, 0.4) is 0 Å². The molecule has 0 N–H and O–H groups in total. The zero-order valence-corrected chi connectivity index (χ0v) is 16.1. The lowest BCUT2D eigenvalue weighted by atomic mass is 9.93. The molecule has 1 saturated heterocycles. The van der Waals surface area contributed by atoms with E-state index in [1.807, 2.05) is 13.8 Å². The molecule has 0 bridgehead atoms. The second-order valence-electron chi connectivity index (χ2n) is 7.97. The Bertz CT molecular complexity index is 766. The van der Waals surface area contributed by atoms with E-state index in [9.17, 15) is 14.9 Å². The van der Waals surface area contributed by atoms with Crippen molar-refractivity contribution in [2.24, 2.45) is 0 Å². The zero-order valence-electron chi connectivity index (χ0n) is 16.1. The smallest absolute Gasteiger partial charge is 0.330 e. The number of nitro groups is 1. The van der Waals surface area contributed by atoms with Crippen LogP contribution in [0.2, 0.25) is 0 Å². The molecule has 7 nitrogen and oxygen atoms in total. The summed E-state index contributed by atoms with van der Waals surface area (Å²) in [6, 6.07) is 5.04. The molecule has 27 heavy (non-hydrogen) atoms. The fraction of sp³-hybridized carbons (Fsp3) is 0.550. The minimum atomic E-state index is -0.500. The molecule has 0 aromatic heterocycles. The number of methoxy groups -OCH3 is 1. The lowest BCUT2D eigenvalue weighted by Crippen LogP contribution is -2.58. The highest BCUT2D eigenvalue weighted by Crippen LogP contribution is 2.43. The van der Waals surface area contributed by atoms with Crippen LogP contribution in [0.1, 0.15) is 45.1 Å². The quantitative estimate of drug-likeness (QED) is 0.346. The van der Waals surface area contributed by atoms with Gasteiger partial charge in [-0.15, -0.1) is 0 Å². The number of hydrogen-bond donors (Lipinski definition) is 0. The number of rotatable bonds is 4. The molecule has 2 aliphatic rings. The summed E-state index contributed by atoms with van der Waals surface area (Å²) in [6.07, 6.45) is 7.00. The van der Waals surface area contributed by atoms with Crippen LogP contribution in [0.25, 0.3) is 6.08 Å². The minimum absolute atomic E-state index is 0.0351. The first-order chi connectivity index (χ1) is 12.7. The van der Waals surface area contributed by atoms with Crippen molar-refractivity contribution in [1.82, 2.24) is 0 Å². The Balaban J connectivity index is 1.93. The number of carbonyl (C=O) groups is 1. The summed E-state index contributed by atoms with van der Waals surface area (Å²) in [7, 11) is 1.29. The number of anilines is 1. The predicted molar refractivity (Wildman–Crippen MR) is 103 cm³/mol. The van der Waals surface area contributed by atoms with E-state index in [1.54, 1.807) is 12.1 Å². The Hall–Kier alpha value is -2.41. The van der Waals surface area contributed by atoms with Gasteiger partial charge in [-0.1, -0.05) is 18.9 Å². The molecule has 146 valence electrons. The standard InChI is InChI=1S/C20H26N2O5/c1-19(2)13-21(14-20(27-19)10-4-5-11-20)16-8-6-15(7-9-18(23)26-3)12-17(16)22(24)25/h6-9,12H,4-5,10-11,13-14H2,1-3H3/b9-7+. The first-order valence-corrected chi connectivity index (χ1v) is 9.23. The second-order valence-corrected chi connectivity index (χ2v) is 7.97. The maximum atomic E-state index is 11.7. The summed E-state index contributed by atoms with van der Waals surface area (Å²) in [4.78, 5) is 24.7. The van der Waals surface area contributed by atoms with Crippen LogP contribution in [-0.2, 0) is 14.3 Å². The molecule has 0 unspecified atom stereocenters. The summed E-state index contributed by atoms with van der Waals surface area (Å²) in [6.45, 7) is 5.33. The summed E-state index contributed by atoms with van der Waals surface area (Å²) in [5.41, 5.74) is 0.614. The summed E-state index contributed by atoms with van der Waals surface area (Å²) >= 11 is 0. The monoisotopic (exact) mass is 374 g/mol. The average molecular weight is 374 g/mol. The minimum Gasteiger partial charge on any atom is -0.466 e. The lowest BCUT2D eigenvalue weighted by Gasteiger charge is -2.49. The summed E-state index contributed by atoms with van der Waals surface area (Å²) in [5, 5.41) is 11.7. The third-order valence-corrected chi connectivity index (χ3v) is 5.21. The average Bonchev–Trinajstić information content (AvgIpc) is 3.04. The number of ether oxygens (including phenoxy) is 2. The van der Waals surface area contributed by atoms with Crippen molar-refractivity contribution in [3.63, 3.8) is 0 Å². The van der Waals surface area contributed by atoms with Crippen LogP contribution < -0.4 is 4.90 Å². The van der Waals surface area contributed by atoms with Gasteiger partial charge in [-0.3, -0.25) is 10.1 Å². The number of esters is 1. The maximum absolute atomic E-state index is 11.7. The van der Waals surface area contributed by atoms with Gasteiger partial charge >= 0.3 is 5.97 Å². The fourth-order valence-corrected chi connectivity index (χ4v) is 4.25. The van der Waals surface area contributed by atoms with Crippen LogP contribution in [0, 0.1) is 10.1 Å². The molecule has 7 heteroatoms. The zero-order chi connectivity index (χ0) is 19.7. The molecule has 1 heterocycles. The van der Waals surface area contributed by atoms with E-state index in [0.29, 0.717) is 24.3 Å². The number of nitrogens with zero attached hydrogens (tertiary/aromatic N) is 2. The third kappa shape index (κ3) is 4.30. The first-order valence-electron chi connectivity index (χ1n) is 9.23. The van der Waals surface area contributed by atoms with Gasteiger partial charge in [-0.05, 0) is 44.4 Å². The highest BCUT2D eigenvalue weighted by Gasteiger charge is 2.46. The molecule has 0 atom stereocenters. The molecule has 0 amide bonds. The van der Waals surface area contributed by atoms with Crippen LogP contribution in [0.15, 0.2) is 24.3 Å². The molecule has 1 aromatic carbocycles. The normalized spacial score (nSPS) is 20.9. The Morgan fingerprint density at radius 1 is 1.30 bits per heavy atom. The van der Waals surface area contributed by atoms with Gasteiger partial charge in [0.1, 0.15) is 5.69 Å². The van der Waals surface area contributed by atoms with Gasteiger partial charge in [-0.25, -0.2) is 4.79 Å². The Labute approximate surface area is 159 Å². The number of benzene rings is 1. The van der Waals surface area contributed by atoms with E-state index in [1.165, 1.54) is 25.3 Å². The lowest BCUT2D eigenvalue weighted by molar-refractivity contribution is -0.384. The second kappa shape index (κ2) is 7.31. The van der Waals surface area contributed by atoms with E-state index in [4.69, 9.17) is 4.74 Å². The van der Waals surface area contributed by atoms with Gasteiger partial charge in [0.2, 0.25) is 0 Å². The van der Waals surface area contributed by atoms with Crippen LogP contribution in [0.5, 0.6) is 0 Å². The van der Waals surface area contributed by atoms with Crippen molar-refractivity contribution >= 4 is 23.4 Å². The molecular formula is C20H26N2O5. The number of nitro benzene ring substituents is 1. The predicted octanol–water partition coefficient (Wildman–Crippen LogP) is 3.71. The SMILES string of the molecule is COC(=O)/C=C/c1ccc(N2CC(C)(C)OC3(CCCC3)C2)c([N+](=O)[O-])c1. The Kier molecular flexibility index (Phi) is 5.24. The van der Waals surface area contributed by atoms with Crippen molar-refractivity contribution in [2.75, 3.05) is 25.1 Å². The highest BCUT2D eigenvalue weighted by atomic mass is 16.6. The Morgan fingerprint density at radius 2 is 2.00 bits per heavy atom. The molecule has 2 fully saturated rings. The van der Waals surface area contributed by atoms with Gasteiger partial charge in [0.05, 0.1) is 23.2 Å². The van der Waals surface area contributed by atoms with E-state index < -0.39 is 5.97 Å². The molecule has 0 radical (unpaired) electrons. The topological polar surface area (TPSA) is 81.9 Å². The molecule has 1 spiro atoms. The van der Waals surface area contributed by atoms with Crippen molar-refractivity contribution < 1.29 is 19.2 Å². The fourth-order valence-electron chi connectivity index (χ4n) is 4.25. The van der Waals surface area contributed by atoms with Crippen molar-refractivity contribution in [1.29, 1.82) is 0 Å². The molecule has 1 aliphatic carbocycles. The van der Waals surface area contributed by atoms with Gasteiger partial charge < -0.3 is 14.4 Å². The van der Waals surface area contributed by atoms with Gasteiger partial charge in [0, 0.05) is 25.2 Å². The van der Waals surface area contributed by atoms with Crippen LogP contribution >= 0.6 is 0 Å². The highest BCUT2D eigenvalue weighted by molar-refractivity contribution is 5.87. The molecule has 1 aliphatic heterocycles. The third-order valence-electron chi connectivity index (χ3n) is 5.21. The van der Waals surface area contributed by atoms with Gasteiger partial charge in [0.15, 0.2) is 0 Å². The van der Waals surface area contributed by atoms with E-state index in [0.717, 1.165) is 25.7 Å². The van der Waals surface area contributed by atoms with Gasteiger partial charge in [0.25, 0.3) is 5.69 Å². The van der Waals surface area contributed by atoms with Crippen molar-refractivity contribution in [3.05, 3.63) is 40.0 Å². The number of hydrogen-bond acceptors (Lipinski definition) is 6. The van der Waals surface area contributed by atoms with Crippen LogP contribution in [0.4, 0.5) is 11.4 Å². The molecule has 3 rings (SSSR count). The van der Waals surface area contributed by atoms with Crippen molar-refractivity contribution in [2.45, 2.75) is 50.7 Å². The first kappa shape index (κ1) is 19.4. The summed E-state index contributed by atoms with van der Waals surface area (Å²) in [5.74, 6) is -0.500. The molecule has 1 aromatic rings. The summed E-state index contributed by atoms with van der Waals surface area (Å²) < 4.78 is 11.0. The largest absolute Gasteiger partial charge is 0.466 e. The van der Waals surface area contributed by atoms with Gasteiger partial charge in [-0.2, -0.15) is 0 Å². The van der Waals surface area contributed by atoms with Crippen LogP contribution in [-0.4, -0.2) is 42.3 Å². The number of carbonyl (C=O) groups excluding carboxylic acids is 1. The maximum Gasteiger partial charge on any atom is 0.330 e.